The highest BCUT2D eigenvalue weighted by Crippen LogP contribution is 2.21. The molecule has 0 aliphatic heterocycles. The van der Waals surface area contributed by atoms with E-state index in [2.05, 4.69) is 0 Å². The van der Waals surface area contributed by atoms with Crippen LogP contribution in [0.25, 0.3) is 0 Å². The largest absolute Gasteiger partial charge is 0.270 e. The van der Waals surface area contributed by atoms with Crippen molar-refractivity contribution in [1.82, 2.24) is 0 Å². The molecule has 0 saturated carbocycles. The minimum atomic E-state index is -3.76. The summed E-state index contributed by atoms with van der Waals surface area (Å²) in [6.45, 7) is 1.34. The van der Waals surface area contributed by atoms with Crippen LogP contribution < -0.4 is 0 Å². The Morgan fingerprint density at radius 2 is 2.07 bits per heavy atom. The SMILES string of the molecule is CCS(=O)(=O)c1cc([N+](=O)[O-])ccc1F. The zero-order valence-electron chi connectivity index (χ0n) is 7.81. The first-order valence-corrected chi connectivity index (χ1v) is 5.70. The summed E-state index contributed by atoms with van der Waals surface area (Å²) in [4.78, 5) is 8.97. The minimum absolute atomic E-state index is 0.301. The standard InChI is InChI=1S/C8H8FNO4S/c1-2-15(13,14)8-5-6(10(11)12)3-4-7(8)9/h3-5H,2H2,1H3. The van der Waals surface area contributed by atoms with Gasteiger partial charge in [-0.2, -0.15) is 0 Å². The smallest absolute Gasteiger partial charge is 0.258 e. The Bertz CT molecular complexity index is 497. The molecule has 0 amide bonds. The Hall–Kier alpha value is -1.50. The third kappa shape index (κ3) is 2.30. The number of benzene rings is 1. The molecule has 1 aromatic rings. The molecule has 0 aliphatic carbocycles. The highest BCUT2D eigenvalue weighted by molar-refractivity contribution is 7.91. The Morgan fingerprint density at radius 3 is 2.53 bits per heavy atom. The Balaban J connectivity index is 3.42. The Kier molecular flexibility index (Phi) is 3.04. The number of hydrogen-bond acceptors (Lipinski definition) is 4. The lowest BCUT2D eigenvalue weighted by molar-refractivity contribution is -0.385. The van der Waals surface area contributed by atoms with Gasteiger partial charge in [-0.05, 0) is 6.07 Å². The van der Waals surface area contributed by atoms with Crippen LogP contribution in [0.2, 0.25) is 0 Å². The maximum Gasteiger partial charge on any atom is 0.270 e. The predicted molar refractivity (Wildman–Crippen MR) is 50.8 cm³/mol. The summed E-state index contributed by atoms with van der Waals surface area (Å²) in [5.41, 5.74) is -0.441. The lowest BCUT2D eigenvalue weighted by atomic mass is 10.3. The molecular formula is C8H8FNO4S. The normalized spacial score (nSPS) is 11.3. The van der Waals surface area contributed by atoms with Crippen molar-refractivity contribution in [3.05, 3.63) is 34.1 Å². The molecule has 0 saturated heterocycles. The van der Waals surface area contributed by atoms with E-state index in [4.69, 9.17) is 0 Å². The lowest BCUT2D eigenvalue weighted by Crippen LogP contribution is -2.06. The number of rotatable bonds is 3. The van der Waals surface area contributed by atoms with Crippen molar-refractivity contribution < 1.29 is 17.7 Å². The molecule has 0 heterocycles. The van der Waals surface area contributed by atoms with Gasteiger partial charge in [0.15, 0.2) is 9.84 Å². The van der Waals surface area contributed by atoms with E-state index in [9.17, 15) is 22.9 Å². The first kappa shape index (κ1) is 11.6. The fourth-order valence-corrected chi connectivity index (χ4v) is 1.98. The number of halogens is 1. The van der Waals surface area contributed by atoms with Crippen LogP contribution in [0.3, 0.4) is 0 Å². The summed E-state index contributed by atoms with van der Waals surface area (Å²) in [6.07, 6.45) is 0. The van der Waals surface area contributed by atoms with Gasteiger partial charge < -0.3 is 0 Å². The first-order chi connectivity index (χ1) is 6.88. The third-order valence-electron chi connectivity index (χ3n) is 1.84. The number of nitro groups is 1. The van der Waals surface area contributed by atoms with Crippen molar-refractivity contribution in [1.29, 1.82) is 0 Å². The molecule has 1 aromatic carbocycles. The predicted octanol–water partition coefficient (Wildman–Crippen LogP) is 1.53. The summed E-state index contributed by atoms with van der Waals surface area (Å²) in [7, 11) is -3.76. The molecule has 0 N–H and O–H groups in total. The van der Waals surface area contributed by atoms with Gasteiger partial charge in [-0.25, -0.2) is 12.8 Å². The van der Waals surface area contributed by atoms with E-state index in [0.717, 1.165) is 18.2 Å². The van der Waals surface area contributed by atoms with Gasteiger partial charge in [-0.1, -0.05) is 6.92 Å². The van der Waals surface area contributed by atoms with Crippen LogP contribution in [0.4, 0.5) is 10.1 Å². The fraction of sp³-hybridized carbons (Fsp3) is 0.250. The van der Waals surface area contributed by atoms with E-state index in [-0.39, 0.29) is 5.75 Å². The van der Waals surface area contributed by atoms with E-state index in [1.54, 1.807) is 0 Å². The van der Waals surface area contributed by atoms with Gasteiger partial charge in [-0.3, -0.25) is 10.1 Å². The summed E-state index contributed by atoms with van der Waals surface area (Å²) in [5.74, 6) is -1.27. The van der Waals surface area contributed by atoms with Crippen molar-refractivity contribution in [3.8, 4) is 0 Å². The molecule has 82 valence electrons. The van der Waals surface area contributed by atoms with Crippen molar-refractivity contribution in [3.63, 3.8) is 0 Å². The molecule has 7 heteroatoms. The van der Waals surface area contributed by atoms with Crippen LogP contribution in [-0.4, -0.2) is 19.1 Å². The third-order valence-corrected chi connectivity index (χ3v) is 3.58. The number of nitro benzene ring substituents is 1. The van der Waals surface area contributed by atoms with Crippen LogP contribution in [0.15, 0.2) is 23.1 Å². The van der Waals surface area contributed by atoms with Crippen molar-refractivity contribution in [2.75, 3.05) is 5.75 Å². The highest BCUT2D eigenvalue weighted by Gasteiger charge is 2.20. The maximum absolute atomic E-state index is 13.1. The van der Waals surface area contributed by atoms with E-state index < -0.39 is 31.2 Å². The molecule has 0 fully saturated rings. The zero-order valence-corrected chi connectivity index (χ0v) is 8.62. The zero-order chi connectivity index (χ0) is 11.6. The molecule has 0 radical (unpaired) electrons. The van der Waals surface area contributed by atoms with Crippen LogP contribution >= 0.6 is 0 Å². The van der Waals surface area contributed by atoms with Gasteiger partial charge in [0.05, 0.1) is 10.7 Å². The second kappa shape index (κ2) is 3.93. The second-order valence-electron chi connectivity index (χ2n) is 2.78. The molecule has 0 unspecified atom stereocenters. The van der Waals surface area contributed by atoms with Crippen LogP contribution in [-0.2, 0) is 9.84 Å². The van der Waals surface area contributed by atoms with E-state index in [1.165, 1.54) is 6.92 Å². The Labute approximate surface area is 85.6 Å². The molecule has 0 bridgehead atoms. The van der Waals surface area contributed by atoms with Crippen molar-refractivity contribution >= 4 is 15.5 Å². The van der Waals surface area contributed by atoms with Gasteiger partial charge in [0.25, 0.3) is 5.69 Å². The van der Waals surface area contributed by atoms with Crippen LogP contribution in [0.5, 0.6) is 0 Å². The Morgan fingerprint density at radius 1 is 1.47 bits per heavy atom. The molecule has 5 nitrogen and oxygen atoms in total. The van der Waals surface area contributed by atoms with Crippen molar-refractivity contribution in [2.45, 2.75) is 11.8 Å². The van der Waals surface area contributed by atoms with Gasteiger partial charge >= 0.3 is 0 Å². The summed E-state index contributed by atoms with van der Waals surface area (Å²) < 4.78 is 35.8. The van der Waals surface area contributed by atoms with Crippen LogP contribution in [0.1, 0.15) is 6.92 Å². The maximum atomic E-state index is 13.1. The van der Waals surface area contributed by atoms with Crippen LogP contribution in [0, 0.1) is 15.9 Å². The lowest BCUT2D eigenvalue weighted by Gasteiger charge is -2.02. The van der Waals surface area contributed by atoms with Gasteiger partial charge in [0, 0.05) is 12.1 Å². The van der Waals surface area contributed by atoms with E-state index >= 15 is 0 Å². The van der Waals surface area contributed by atoms with E-state index in [0.29, 0.717) is 0 Å². The highest BCUT2D eigenvalue weighted by atomic mass is 32.2. The number of non-ortho nitro benzene ring substituents is 1. The summed E-state index contributed by atoms with van der Waals surface area (Å²) in [6, 6.07) is 2.43. The molecule has 0 aliphatic rings. The molecular weight excluding hydrogens is 225 g/mol. The quantitative estimate of drug-likeness (QED) is 0.585. The monoisotopic (exact) mass is 233 g/mol. The molecule has 0 spiro atoms. The number of sulfone groups is 1. The summed E-state index contributed by atoms with van der Waals surface area (Å²) >= 11 is 0. The summed E-state index contributed by atoms with van der Waals surface area (Å²) in [5, 5.41) is 10.4. The van der Waals surface area contributed by atoms with E-state index in [1.807, 2.05) is 0 Å². The molecule has 1 rings (SSSR count). The fourth-order valence-electron chi connectivity index (χ4n) is 0.999. The average Bonchev–Trinajstić information content (AvgIpc) is 2.17. The topological polar surface area (TPSA) is 77.3 Å². The van der Waals surface area contributed by atoms with Gasteiger partial charge in [0.1, 0.15) is 10.7 Å². The molecule has 0 aromatic heterocycles. The average molecular weight is 233 g/mol. The minimum Gasteiger partial charge on any atom is -0.258 e. The second-order valence-corrected chi connectivity index (χ2v) is 5.02. The molecule has 0 atom stereocenters. The number of hydrogen-bond donors (Lipinski definition) is 0. The van der Waals surface area contributed by atoms with Gasteiger partial charge in [0.2, 0.25) is 0 Å². The van der Waals surface area contributed by atoms with Gasteiger partial charge in [-0.15, -0.1) is 0 Å². The van der Waals surface area contributed by atoms with Crippen molar-refractivity contribution in [2.24, 2.45) is 0 Å². The number of nitrogens with zero attached hydrogens (tertiary/aromatic N) is 1. The molecule has 15 heavy (non-hydrogen) atoms. The first-order valence-electron chi connectivity index (χ1n) is 4.05.